The second kappa shape index (κ2) is 7.66. The lowest BCUT2D eigenvalue weighted by atomic mass is 10.2. The molecule has 0 unspecified atom stereocenters. The molecule has 0 amide bonds. The number of hydrogen-bond acceptors (Lipinski definition) is 5. The van der Waals surface area contributed by atoms with Crippen LogP contribution in [0.4, 0.5) is 5.69 Å². The molecule has 0 spiro atoms. The molecule has 0 fully saturated rings. The van der Waals surface area contributed by atoms with Crippen molar-refractivity contribution in [2.24, 2.45) is 0 Å². The van der Waals surface area contributed by atoms with Crippen molar-refractivity contribution in [3.05, 3.63) is 53.5 Å². The van der Waals surface area contributed by atoms with E-state index in [1.165, 1.54) is 7.11 Å². The molecule has 1 heterocycles. The van der Waals surface area contributed by atoms with Crippen LogP contribution >= 0.6 is 0 Å². The fourth-order valence-corrected chi connectivity index (χ4v) is 2.32. The van der Waals surface area contributed by atoms with E-state index in [0.717, 1.165) is 5.69 Å². The zero-order chi connectivity index (χ0) is 15.9. The predicted molar refractivity (Wildman–Crippen MR) is 84.0 cm³/mol. The topological polar surface area (TPSA) is 62.9 Å². The molecule has 1 aromatic carbocycles. The standard InChI is InChI=1S/C17H21NO4/c1-13-16(17(20)21-2)11-15(22-13)12-18(9-6-10-19)14-7-4-3-5-8-14/h3-5,7-8,11,19H,6,9-10,12H2,1-2H3. The van der Waals surface area contributed by atoms with Crippen LogP contribution in [0.5, 0.6) is 0 Å². The summed E-state index contributed by atoms with van der Waals surface area (Å²) in [7, 11) is 1.35. The van der Waals surface area contributed by atoms with Crippen molar-refractivity contribution in [3.63, 3.8) is 0 Å². The first-order valence-corrected chi connectivity index (χ1v) is 7.24. The molecule has 0 aliphatic heterocycles. The van der Waals surface area contributed by atoms with E-state index in [9.17, 15) is 4.79 Å². The lowest BCUT2D eigenvalue weighted by Gasteiger charge is -2.23. The molecule has 0 atom stereocenters. The molecule has 1 aromatic heterocycles. The Bertz CT molecular complexity index is 606. The van der Waals surface area contributed by atoms with Gasteiger partial charge in [0, 0.05) is 18.8 Å². The number of aliphatic hydroxyl groups excluding tert-OH is 1. The van der Waals surface area contributed by atoms with Crippen LogP contribution in [0.3, 0.4) is 0 Å². The van der Waals surface area contributed by atoms with Crippen molar-refractivity contribution in [1.82, 2.24) is 0 Å². The van der Waals surface area contributed by atoms with Crippen molar-refractivity contribution in [3.8, 4) is 0 Å². The molecule has 0 aliphatic rings. The minimum atomic E-state index is -0.394. The van der Waals surface area contributed by atoms with E-state index in [0.29, 0.717) is 36.6 Å². The van der Waals surface area contributed by atoms with Gasteiger partial charge in [0.25, 0.3) is 0 Å². The number of methoxy groups -OCH3 is 1. The van der Waals surface area contributed by atoms with E-state index >= 15 is 0 Å². The smallest absolute Gasteiger partial charge is 0.341 e. The van der Waals surface area contributed by atoms with E-state index in [-0.39, 0.29) is 6.61 Å². The van der Waals surface area contributed by atoms with Crippen molar-refractivity contribution < 1.29 is 19.1 Å². The number of benzene rings is 1. The number of esters is 1. The van der Waals surface area contributed by atoms with Crippen LogP contribution in [0.2, 0.25) is 0 Å². The first-order chi connectivity index (χ1) is 10.7. The third-order valence-electron chi connectivity index (χ3n) is 3.43. The van der Waals surface area contributed by atoms with Gasteiger partial charge < -0.3 is 19.2 Å². The van der Waals surface area contributed by atoms with Crippen molar-refractivity contribution in [2.45, 2.75) is 19.9 Å². The number of aryl methyl sites for hydroxylation is 1. The second-order valence-electron chi connectivity index (χ2n) is 5.01. The number of para-hydroxylation sites is 1. The number of ether oxygens (including phenoxy) is 1. The summed E-state index contributed by atoms with van der Waals surface area (Å²) in [5.74, 6) is 0.853. The zero-order valence-corrected chi connectivity index (χ0v) is 12.9. The highest BCUT2D eigenvalue weighted by atomic mass is 16.5. The lowest BCUT2D eigenvalue weighted by molar-refractivity contribution is 0.0599. The fraction of sp³-hybridized carbons (Fsp3) is 0.353. The number of aliphatic hydroxyl groups is 1. The summed E-state index contributed by atoms with van der Waals surface area (Å²) in [6, 6.07) is 11.6. The Hall–Kier alpha value is -2.27. The van der Waals surface area contributed by atoms with E-state index in [2.05, 4.69) is 4.90 Å². The Balaban J connectivity index is 2.18. The van der Waals surface area contributed by atoms with Gasteiger partial charge in [0.05, 0.1) is 13.7 Å². The van der Waals surface area contributed by atoms with Gasteiger partial charge in [-0.05, 0) is 31.5 Å². The molecular formula is C17H21NO4. The maximum Gasteiger partial charge on any atom is 0.341 e. The Kier molecular flexibility index (Phi) is 5.61. The zero-order valence-electron chi connectivity index (χ0n) is 12.9. The molecule has 22 heavy (non-hydrogen) atoms. The summed E-state index contributed by atoms with van der Waals surface area (Å²) in [6.07, 6.45) is 0.665. The number of nitrogens with zero attached hydrogens (tertiary/aromatic N) is 1. The highest BCUT2D eigenvalue weighted by Crippen LogP contribution is 2.21. The summed E-state index contributed by atoms with van der Waals surface area (Å²) in [5.41, 5.74) is 1.50. The third-order valence-corrected chi connectivity index (χ3v) is 3.43. The van der Waals surface area contributed by atoms with Gasteiger partial charge in [0.1, 0.15) is 17.1 Å². The minimum absolute atomic E-state index is 0.133. The maximum atomic E-state index is 11.6. The molecule has 118 valence electrons. The van der Waals surface area contributed by atoms with Crippen LogP contribution in [0.25, 0.3) is 0 Å². The molecule has 5 nitrogen and oxygen atoms in total. The first-order valence-electron chi connectivity index (χ1n) is 7.24. The Labute approximate surface area is 130 Å². The Morgan fingerprint density at radius 2 is 2.05 bits per heavy atom. The monoisotopic (exact) mass is 303 g/mol. The van der Waals surface area contributed by atoms with Crippen LogP contribution in [-0.4, -0.2) is 31.3 Å². The summed E-state index contributed by atoms with van der Waals surface area (Å²) >= 11 is 0. The lowest BCUT2D eigenvalue weighted by Crippen LogP contribution is -2.24. The van der Waals surface area contributed by atoms with Gasteiger partial charge in [-0.2, -0.15) is 0 Å². The van der Waals surface area contributed by atoms with Gasteiger partial charge >= 0.3 is 5.97 Å². The number of anilines is 1. The van der Waals surface area contributed by atoms with Gasteiger partial charge in [0.15, 0.2) is 0 Å². The second-order valence-corrected chi connectivity index (χ2v) is 5.01. The van der Waals surface area contributed by atoms with E-state index in [4.69, 9.17) is 14.3 Å². The first kappa shape index (κ1) is 16.1. The molecule has 2 rings (SSSR count). The SMILES string of the molecule is COC(=O)c1cc(CN(CCCO)c2ccccc2)oc1C. The van der Waals surface area contributed by atoms with Crippen LogP contribution in [0, 0.1) is 6.92 Å². The predicted octanol–water partition coefficient (Wildman–Crippen LogP) is 2.76. The highest BCUT2D eigenvalue weighted by molar-refractivity contribution is 5.90. The van der Waals surface area contributed by atoms with Gasteiger partial charge in [-0.25, -0.2) is 4.79 Å². The molecule has 0 aliphatic carbocycles. The van der Waals surface area contributed by atoms with Crippen LogP contribution < -0.4 is 4.90 Å². The largest absolute Gasteiger partial charge is 0.465 e. The minimum Gasteiger partial charge on any atom is -0.465 e. The summed E-state index contributed by atoms with van der Waals surface area (Å²) in [4.78, 5) is 13.8. The summed E-state index contributed by atoms with van der Waals surface area (Å²) < 4.78 is 10.4. The Morgan fingerprint density at radius 3 is 2.68 bits per heavy atom. The van der Waals surface area contributed by atoms with Crippen molar-refractivity contribution in [2.75, 3.05) is 25.2 Å². The van der Waals surface area contributed by atoms with Crippen LogP contribution in [-0.2, 0) is 11.3 Å². The average molecular weight is 303 g/mol. The maximum absolute atomic E-state index is 11.6. The fourth-order valence-electron chi connectivity index (χ4n) is 2.32. The molecule has 0 saturated carbocycles. The average Bonchev–Trinajstić information content (AvgIpc) is 2.92. The third kappa shape index (κ3) is 3.89. The summed E-state index contributed by atoms with van der Waals surface area (Å²) in [6.45, 7) is 3.11. The quantitative estimate of drug-likeness (QED) is 0.797. The number of hydrogen-bond donors (Lipinski definition) is 1. The molecule has 5 heteroatoms. The van der Waals surface area contributed by atoms with E-state index < -0.39 is 5.97 Å². The van der Waals surface area contributed by atoms with E-state index in [1.54, 1.807) is 13.0 Å². The number of carbonyl (C=O) groups is 1. The number of carbonyl (C=O) groups excluding carboxylic acids is 1. The highest BCUT2D eigenvalue weighted by Gasteiger charge is 2.17. The molecule has 0 radical (unpaired) electrons. The summed E-state index contributed by atoms with van der Waals surface area (Å²) in [5, 5.41) is 9.07. The molecular weight excluding hydrogens is 282 g/mol. The van der Waals surface area contributed by atoms with Crippen molar-refractivity contribution in [1.29, 1.82) is 0 Å². The normalized spacial score (nSPS) is 10.5. The molecule has 2 aromatic rings. The van der Waals surface area contributed by atoms with Gasteiger partial charge in [-0.3, -0.25) is 0 Å². The van der Waals surface area contributed by atoms with Gasteiger partial charge in [0.2, 0.25) is 0 Å². The number of rotatable bonds is 7. The number of furan rings is 1. The molecule has 0 bridgehead atoms. The van der Waals surface area contributed by atoms with Crippen LogP contribution in [0.1, 0.15) is 28.3 Å². The molecule has 1 N–H and O–H groups in total. The molecule has 0 saturated heterocycles. The van der Waals surface area contributed by atoms with Gasteiger partial charge in [-0.1, -0.05) is 18.2 Å². The van der Waals surface area contributed by atoms with E-state index in [1.807, 2.05) is 30.3 Å². The van der Waals surface area contributed by atoms with Gasteiger partial charge in [-0.15, -0.1) is 0 Å². The Morgan fingerprint density at radius 1 is 1.32 bits per heavy atom. The van der Waals surface area contributed by atoms with Crippen LogP contribution in [0.15, 0.2) is 40.8 Å². The van der Waals surface area contributed by atoms with Crippen molar-refractivity contribution >= 4 is 11.7 Å².